The van der Waals surface area contributed by atoms with Crippen molar-refractivity contribution in [2.75, 3.05) is 17.1 Å². The normalized spacial score (nSPS) is 11.3. The van der Waals surface area contributed by atoms with Gasteiger partial charge in [0.05, 0.1) is 17.7 Å². The van der Waals surface area contributed by atoms with Crippen molar-refractivity contribution in [3.63, 3.8) is 0 Å². The lowest BCUT2D eigenvalue weighted by Crippen LogP contribution is -2.16. The number of benzene rings is 3. The molecule has 0 spiro atoms. The third-order valence-corrected chi connectivity index (χ3v) is 6.33. The zero-order valence-corrected chi connectivity index (χ0v) is 18.8. The molecule has 7 heteroatoms. The van der Waals surface area contributed by atoms with Crippen LogP contribution in [0.2, 0.25) is 0 Å². The molecule has 0 bridgehead atoms. The number of sulfonamides is 1. The molecule has 6 nitrogen and oxygen atoms in total. The summed E-state index contributed by atoms with van der Waals surface area (Å²) < 4.78 is 33.2. The van der Waals surface area contributed by atoms with Gasteiger partial charge in [0, 0.05) is 11.3 Å². The highest BCUT2D eigenvalue weighted by molar-refractivity contribution is 7.92. The first-order valence-electron chi connectivity index (χ1n) is 9.88. The van der Waals surface area contributed by atoms with Gasteiger partial charge >= 0.3 is 0 Å². The summed E-state index contributed by atoms with van der Waals surface area (Å²) in [4.78, 5) is 12.8. The van der Waals surface area contributed by atoms with E-state index in [-0.39, 0.29) is 10.8 Å². The lowest BCUT2D eigenvalue weighted by Gasteiger charge is -2.13. The zero-order valence-electron chi connectivity index (χ0n) is 18.0. The first kappa shape index (κ1) is 22.4. The summed E-state index contributed by atoms with van der Waals surface area (Å²) in [6, 6.07) is 18.7. The fraction of sp³-hybridized carbons (Fsp3) is 0.208. The molecule has 31 heavy (non-hydrogen) atoms. The van der Waals surface area contributed by atoms with Crippen molar-refractivity contribution < 1.29 is 17.9 Å². The van der Waals surface area contributed by atoms with Gasteiger partial charge in [-0.2, -0.15) is 0 Å². The number of hydrogen-bond acceptors (Lipinski definition) is 4. The molecule has 2 N–H and O–H groups in total. The van der Waals surface area contributed by atoms with Crippen LogP contribution in [0.25, 0.3) is 0 Å². The minimum absolute atomic E-state index is 0.104. The Labute approximate surface area is 183 Å². The fourth-order valence-electron chi connectivity index (χ4n) is 2.99. The molecule has 0 fully saturated rings. The fourth-order valence-corrected chi connectivity index (χ4v) is 4.11. The maximum atomic E-state index is 12.8. The van der Waals surface area contributed by atoms with Gasteiger partial charge in [0.2, 0.25) is 0 Å². The van der Waals surface area contributed by atoms with Crippen molar-refractivity contribution in [3.8, 4) is 5.75 Å². The summed E-state index contributed by atoms with van der Waals surface area (Å²) in [5.41, 5.74) is 3.26. The van der Waals surface area contributed by atoms with Crippen LogP contribution in [0, 0.1) is 6.92 Å². The summed E-state index contributed by atoms with van der Waals surface area (Å²) in [6.45, 7) is 5.99. The number of rotatable bonds is 7. The molecule has 0 saturated heterocycles. The Morgan fingerprint density at radius 1 is 0.935 bits per heavy atom. The van der Waals surface area contributed by atoms with E-state index in [2.05, 4.69) is 23.9 Å². The topological polar surface area (TPSA) is 84.5 Å². The predicted octanol–water partition coefficient (Wildman–Crippen LogP) is 5.18. The van der Waals surface area contributed by atoms with E-state index in [0.29, 0.717) is 34.2 Å². The van der Waals surface area contributed by atoms with Crippen LogP contribution >= 0.6 is 0 Å². The zero-order chi connectivity index (χ0) is 22.6. The molecule has 0 radical (unpaired) electrons. The van der Waals surface area contributed by atoms with Gasteiger partial charge in [-0.1, -0.05) is 32.0 Å². The van der Waals surface area contributed by atoms with Gasteiger partial charge in [0.25, 0.3) is 15.9 Å². The largest absolute Gasteiger partial charge is 0.497 e. The lowest BCUT2D eigenvalue weighted by atomic mass is 10.0. The van der Waals surface area contributed by atoms with Crippen LogP contribution in [0.5, 0.6) is 5.75 Å². The lowest BCUT2D eigenvalue weighted by molar-refractivity contribution is 0.102. The first-order valence-corrected chi connectivity index (χ1v) is 11.4. The number of nitrogens with one attached hydrogen (secondary N) is 2. The SMILES string of the molecule is COc1ccc(S(=O)(=O)Nc2cc(C(=O)Nc3ccc(C(C)C)cc3)ccc2C)cc1. The molecule has 0 aliphatic rings. The average molecular weight is 439 g/mol. The number of carbonyl (C=O) groups is 1. The Morgan fingerprint density at radius 3 is 2.16 bits per heavy atom. The number of ether oxygens (including phenoxy) is 1. The van der Waals surface area contributed by atoms with Gasteiger partial charge in [-0.25, -0.2) is 8.42 Å². The number of amides is 1. The Morgan fingerprint density at radius 2 is 1.58 bits per heavy atom. The minimum atomic E-state index is -3.81. The molecule has 0 atom stereocenters. The third-order valence-electron chi connectivity index (χ3n) is 4.95. The highest BCUT2D eigenvalue weighted by Gasteiger charge is 2.17. The van der Waals surface area contributed by atoms with Crippen molar-refractivity contribution in [2.45, 2.75) is 31.6 Å². The Bertz CT molecular complexity index is 1170. The highest BCUT2D eigenvalue weighted by atomic mass is 32.2. The molecule has 0 heterocycles. The second kappa shape index (κ2) is 9.22. The maximum absolute atomic E-state index is 12.8. The quantitative estimate of drug-likeness (QED) is 0.532. The first-order chi connectivity index (χ1) is 14.7. The smallest absolute Gasteiger partial charge is 0.261 e. The molecule has 162 valence electrons. The van der Waals surface area contributed by atoms with Crippen LogP contribution < -0.4 is 14.8 Å². The summed E-state index contributed by atoms with van der Waals surface area (Å²) >= 11 is 0. The minimum Gasteiger partial charge on any atom is -0.497 e. The summed E-state index contributed by atoms with van der Waals surface area (Å²) in [6.07, 6.45) is 0. The molecular formula is C24H26N2O4S. The molecule has 0 aliphatic heterocycles. The standard InChI is InChI=1S/C24H26N2O4S/c1-16(2)18-7-9-20(10-8-18)25-24(27)19-6-5-17(3)23(15-19)26-31(28,29)22-13-11-21(30-4)12-14-22/h5-16,26H,1-4H3,(H,25,27). The maximum Gasteiger partial charge on any atom is 0.261 e. The molecule has 0 aliphatic carbocycles. The second-order valence-corrected chi connectivity index (χ2v) is 9.22. The van der Waals surface area contributed by atoms with Gasteiger partial charge in [-0.05, 0) is 72.5 Å². The summed E-state index contributed by atoms with van der Waals surface area (Å²) in [5, 5.41) is 2.85. The monoisotopic (exact) mass is 438 g/mol. The van der Waals surface area contributed by atoms with E-state index in [1.165, 1.54) is 30.9 Å². The molecule has 0 saturated carbocycles. The number of hydrogen-bond donors (Lipinski definition) is 2. The molecule has 3 rings (SSSR count). The van der Waals surface area contributed by atoms with Crippen LogP contribution in [0.1, 0.15) is 41.3 Å². The Kier molecular flexibility index (Phi) is 6.65. The predicted molar refractivity (Wildman–Crippen MR) is 123 cm³/mol. The number of anilines is 2. The molecule has 3 aromatic rings. The van der Waals surface area contributed by atoms with Crippen molar-refractivity contribution in [1.82, 2.24) is 0 Å². The summed E-state index contributed by atoms with van der Waals surface area (Å²) in [7, 11) is -2.30. The van der Waals surface area contributed by atoms with E-state index < -0.39 is 10.0 Å². The summed E-state index contributed by atoms with van der Waals surface area (Å²) in [5.74, 6) is 0.653. The van der Waals surface area contributed by atoms with E-state index in [4.69, 9.17) is 4.74 Å². The molecule has 3 aromatic carbocycles. The van der Waals surface area contributed by atoms with E-state index in [1.807, 2.05) is 24.3 Å². The molecule has 0 aromatic heterocycles. The van der Waals surface area contributed by atoms with Crippen LogP contribution in [0.15, 0.2) is 71.6 Å². The van der Waals surface area contributed by atoms with Crippen LogP contribution in [0.3, 0.4) is 0 Å². The van der Waals surface area contributed by atoms with Gasteiger partial charge in [-0.15, -0.1) is 0 Å². The molecule has 1 amide bonds. The third kappa shape index (κ3) is 5.44. The van der Waals surface area contributed by atoms with Crippen LogP contribution in [-0.4, -0.2) is 21.4 Å². The average Bonchev–Trinajstić information content (AvgIpc) is 2.75. The highest BCUT2D eigenvalue weighted by Crippen LogP contribution is 2.24. The van der Waals surface area contributed by atoms with E-state index >= 15 is 0 Å². The van der Waals surface area contributed by atoms with Crippen LogP contribution in [-0.2, 0) is 10.0 Å². The molecular weight excluding hydrogens is 412 g/mol. The van der Waals surface area contributed by atoms with Crippen molar-refractivity contribution >= 4 is 27.3 Å². The number of carbonyl (C=O) groups excluding carboxylic acids is 1. The number of methoxy groups -OCH3 is 1. The van der Waals surface area contributed by atoms with Gasteiger partial charge in [0.1, 0.15) is 5.75 Å². The number of aryl methyl sites for hydroxylation is 1. The van der Waals surface area contributed by atoms with Gasteiger partial charge < -0.3 is 10.1 Å². The Balaban J connectivity index is 1.79. The van der Waals surface area contributed by atoms with E-state index in [1.54, 1.807) is 31.2 Å². The molecule has 0 unspecified atom stereocenters. The van der Waals surface area contributed by atoms with E-state index in [9.17, 15) is 13.2 Å². The van der Waals surface area contributed by atoms with Crippen LogP contribution in [0.4, 0.5) is 11.4 Å². The van der Waals surface area contributed by atoms with E-state index in [0.717, 1.165) is 0 Å². The second-order valence-electron chi connectivity index (χ2n) is 7.54. The van der Waals surface area contributed by atoms with Crippen molar-refractivity contribution in [3.05, 3.63) is 83.4 Å². The Hall–Kier alpha value is -3.32. The van der Waals surface area contributed by atoms with Crippen molar-refractivity contribution in [2.24, 2.45) is 0 Å². The van der Waals surface area contributed by atoms with Crippen molar-refractivity contribution in [1.29, 1.82) is 0 Å². The van der Waals surface area contributed by atoms with Gasteiger partial charge in [-0.3, -0.25) is 9.52 Å². The van der Waals surface area contributed by atoms with Gasteiger partial charge in [0.15, 0.2) is 0 Å².